The summed E-state index contributed by atoms with van der Waals surface area (Å²) in [7, 11) is 0. The summed E-state index contributed by atoms with van der Waals surface area (Å²) in [5, 5.41) is 2.24. The maximum Gasteiger partial charge on any atom is 0.412 e. The summed E-state index contributed by atoms with van der Waals surface area (Å²) in [5.41, 5.74) is 4.56. The quantitative estimate of drug-likeness (QED) is 0.246. The number of hydrogen-bond donors (Lipinski definition) is 2. The Hall–Kier alpha value is -3.13. The van der Waals surface area contributed by atoms with Crippen molar-refractivity contribution in [3.63, 3.8) is 0 Å². The largest absolute Gasteiger partial charge is 0.463 e. The maximum absolute atomic E-state index is 15.5. The van der Waals surface area contributed by atoms with Gasteiger partial charge in [0.25, 0.3) is 0 Å². The van der Waals surface area contributed by atoms with Gasteiger partial charge in [0, 0.05) is 6.20 Å². The summed E-state index contributed by atoms with van der Waals surface area (Å²) >= 11 is 0. The van der Waals surface area contributed by atoms with Gasteiger partial charge in [0.1, 0.15) is 24.6 Å². The van der Waals surface area contributed by atoms with Crippen molar-refractivity contribution < 1.29 is 42.1 Å². The van der Waals surface area contributed by atoms with E-state index in [4.69, 9.17) is 24.7 Å². The number of esters is 2. The number of anilines is 1. The molecule has 0 spiro atoms. The first-order chi connectivity index (χ1) is 17.3. The van der Waals surface area contributed by atoms with Gasteiger partial charge in [-0.2, -0.15) is 13.8 Å². The highest BCUT2D eigenvalue weighted by Gasteiger charge is 2.63. The number of nitrogens with two attached hydrogens (primary N) is 1. The lowest BCUT2D eigenvalue weighted by molar-refractivity contribution is -0.179. The van der Waals surface area contributed by atoms with Gasteiger partial charge in [-0.1, -0.05) is 41.0 Å². The number of halogens is 2. The summed E-state index contributed by atoms with van der Waals surface area (Å²) in [5.74, 6) is -6.90. The predicted octanol–water partition coefficient (Wildman–Crippen LogP) is 2.22. The number of carbonyl (C=O) groups excluding carboxylic acids is 3. The molecule has 1 aliphatic heterocycles. The van der Waals surface area contributed by atoms with Gasteiger partial charge < -0.3 is 24.7 Å². The Labute approximate surface area is 212 Å². The second-order valence-electron chi connectivity index (χ2n) is 9.23. The molecule has 2 rings (SSSR count). The van der Waals surface area contributed by atoms with Crippen LogP contribution in [0.1, 0.15) is 53.7 Å². The fraction of sp³-hybridized carbons (Fsp3) is 0.696. The number of nitrogens with zero attached hydrogens (tertiary/aromatic N) is 2. The minimum Gasteiger partial charge on any atom is -0.463 e. The first-order valence-corrected chi connectivity index (χ1v) is 12.0. The van der Waals surface area contributed by atoms with E-state index in [1.165, 1.54) is 0 Å². The number of nitrogens with one attached hydrogen (secondary N) is 1. The average molecular weight is 533 g/mol. The van der Waals surface area contributed by atoms with Crippen molar-refractivity contribution in [2.75, 3.05) is 18.5 Å². The van der Waals surface area contributed by atoms with Gasteiger partial charge in [-0.25, -0.2) is 9.59 Å². The molecule has 1 aromatic rings. The molecule has 3 N–H and O–H groups in total. The Balaban J connectivity index is 2.29. The van der Waals surface area contributed by atoms with Crippen molar-refractivity contribution >= 4 is 23.8 Å². The number of aromatic nitrogens is 2. The molecule has 1 aliphatic rings. The molecule has 0 unspecified atom stereocenters. The van der Waals surface area contributed by atoms with Crippen LogP contribution in [0.25, 0.3) is 0 Å². The molecule has 37 heavy (non-hydrogen) atoms. The first-order valence-electron chi connectivity index (χ1n) is 12.0. The number of unbranched alkanes of at least 4 members (excludes halogenated alkanes) is 1. The molecule has 2 heterocycles. The molecule has 0 saturated carbocycles. The Morgan fingerprint density at radius 2 is 1.89 bits per heavy atom. The van der Waals surface area contributed by atoms with Crippen LogP contribution in [0.5, 0.6) is 0 Å². The van der Waals surface area contributed by atoms with E-state index in [1.807, 2.05) is 6.92 Å². The lowest BCUT2D eigenvalue weighted by Gasteiger charge is -2.26. The summed E-state index contributed by atoms with van der Waals surface area (Å²) in [6.07, 6.45) is -4.56. The minimum atomic E-state index is -3.94. The number of alkyl halides is 2. The molecule has 1 aromatic heterocycles. The Kier molecular flexibility index (Phi) is 10.5. The molecule has 12 nitrogen and oxygen atoms in total. The molecular weight excluding hydrogens is 498 g/mol. The minimum absolute atomic E-state index is 0.158. The normalized spacial score (nSPS) is 21.5. The third kappa shape index (κ3) is 7.68. The van der Waals surface area contributed by atoms with Gasteiger partial charge in [0.15, 0.2) is 6.10 Å². The number of hydrogen-bond acceptors (Lipinski definition) is 10. The highest BCUT2D eigenvalue weighted by atomic mass is 19.3. The lowest BCUT2D eigenvalue weighted by atomic mass is 10.1. The SMILES string of the molecule is CCCCOC(=O)Nc1ccn([C@@H]2O[C@H](COC(=O)C(C)C)[C@@H](OC(=O)[C@@H](N)C(C)C)C2(F)F)c(=O)n1. The van der Waals surface area contributed by atoms with Crippen molar-refractivity contribution in [1.82, 2.24) is 9.55 Å². The average Bonchev–Trinajstić information content (AvgIpc) is 3.06. The van der Waals surface area contributed by atoms with Crippen molar-refractivity contribution in [3.05, 3.63) is 22.7 Å². The van der Waals surface area contributed by atoms with Crippen molar-refractivity contribution in [3.8, 4) is 0 Å². The molecule has 14 heteroatoms. The van der Waals surface area contributed by atoms with Gasteiger partial charge >= 0.3 is 29.6 Å². The topological polar surface area (TPSA) is 161 Å². The van der Waals surface area contributed by atoms with Crippen molar-refractivity contribution in [1.29, 1.82) is 0 Å². The predicted molar refractivity (Wildman–Crippen MR) is 126 cm³/mol. The summed E-state index contributed by atoms with van der Waals surface area (Å²) in [6.45, 7) is 7.73. The Morgan fingerprint density at radius 3 is 2.46 bits per heavy atom. The Bertz CT molecular complexity index is 1020. The number of carbonyl (C=O) groups is 3. The zero-order valence-electron chi connectivity index (χ0n) is 21.4. The van der Waals surface area contributed by atoms with E-state index < -0.39 is 72.6 Å². The highest BCUT2D eigenvalue weighted by molar-refractivity contribution is 5.83. The van der Waals surface area contributed by atoms with E-state index in [-0.39, 0.29) is 12.4 Å². The fourth-order valence-electron chi connectivity index (χ4n) is 3.17. The smallest absolute Gasteiger partial charge is 0.412 e. The number of rotatable bonds is 11. The van der Waals surface area contributed by atoms with Gasteiger partial charge in [0.05, 0.1) is 12.5 Å². The van der Waals surface area contributed by atoms with Crippen LogP contribution in [0, 0.1) is 11.8 Å². The Morgan fingerprint density at radius 1 is 1.22 bits per heavy atom. The van der Waals surface area contributed by atoms with Crippen LogP contribution in [0.4, 0.5) is 19.4 Å². The molecule has 1 saturated heterocycles. The maximum atomic E-state index is 15.5. The number of ether oxygens (including phenoxy) is 4. The molecule has 0 bridgehead atoms. The van der Waals surface area contributed by atoms with Crippen LogP contribution in [0.3, 0.4) is 0 Å². The van der Waals surface area contributed by atoms with Gasteiger partial charge in [-0.3, -0.25) is 19.5 Å². The molecule has 0 radical (unpaired) electrons. The van der Waals surface area contributed by atoms with Crippen molar-refractivity contribution in [2.24, 2.45) is 17.6 Å². The van der Waals surface area contributed by atoms with E-state index in [2.05, 4.69) is 10.3 Å². The summed E-state index contributed by atoms with van der Waals surface area (Å²) in [6, 6.07) is -0.0930. The standard InChI is InChI=1S/C23H34F2N4O8/c1-6-7-10-34-22(33)28-15-8-9-29(21(32)27-15)20-23(24,25)17(37-19(31)16(26)12(2)3)14(36-20)11-35-18(30)13(4)5/h8-9,12-14,16-17,20H,6-7,10-11,26H2,1-5H3,(H,27,28,32,33)/t14-,16+,17-,20-/m1/s1. The molecular formula is C23H34F2N4O8. The second-order valence-corrected chi connectivity index (χ2v) is 9.23. The monoisotopic (exact) mass is 532 g/mol. The lowest BCUT2D eigenvalue weighted by Crippen LogP contribution is -2.48. The third-order valence-electron chi connectivity index (χ3n) is 5.49. The van der Waals surface area contributed by atoms with Crippen LogP contribution in [-0.4, -0.2) is 65.0 Å². The van der Waals surface area contributed by atoms with Gasteiger partial charge in [-0.15, -0.1) is 0 Å². The van der Waals surface area contributed by atoms with Crippen LogP contribution in [-0.2, 0) is 28.5 Å². The van der Waals surface area contributed by atoms with Gasteiger partial charge in [-0.05, 0) is 18.4 Å². The van der Waals surface area contributed by atoms with Gasteiger partial charge in [0.2, 0.25) is 6.23 Å². The zero-order chi connectivity index (χ0) is 27.9. The second kappa shape index (κ2) is 12.9. The van der Waals surface area contributed by atoms with Crippen LogP contribution < -0.4 is 16.7 Å². The first kappa shape index (κ1) is 30.1. The van der Waals surface area contributed by atoms with Crippen molar-refractivity contribution in [2.45, 2.75) is 77.9 Å². The third-order valence-corrected chi connectivity index (χ3v) is 5.49. The van der Waals surface area contributed by atoms with Crippen LogP contribution in [0.2, 0.25) is 0 Å². The molecule has 1 amide bonds. The highest BCUT2D eigenvalue weighted by Crippen LogP contribution is 2.44. The van der Waals surface area contributed by atoms with Crippen LogP contribution >= 0.6 is 0 Å². The molecule has 0 aliphatic carbocycles. The van der Waals surface area contributed by atoms with E-state index >= 15 is 8.78 Å². The summed E-state index contributed by atoms with van der Waals surface area (Å²) < 4.78 is 51.9. The summed E-state index contributed by atoms with van der Waals surface area (Å²) in [4.78, 5) is 52.2. The van der Waals surface area contributed by atoms with E-state index in [9.17, 15) is 19.2 Å². The van der Waals surface area contributed by atoms with Crippen LogP contribution in [0.15, 0.2) is 17.1 Å². The van der Waals surface area contributed by atoms with E-state index in [0.29, 0.717) is 11.0 Å². The molecule has 4 atom stereocenters. The molecule has 208 valence electrons. The zero-order valence-corrected chi connectivity index (χ0v) is 21.4. The van der Waals surface area contributed by atoms with E-state index in [1.54, 1.807) is 27.7 Å². The number of amides is 1. The fourth-order valence-corrected chi connectivity index (χ4v) is 3.17. The molecule has 0 aromatic carbocycles. The van der Waals surface area contributed by atoms with E-state index in [0.717, 1.165) is 18.7 Å². The molecule has 1 fully saturated rings.